The summed E-state index contributed by atoms with van der Waals surface area (Å²) in [6.07, 6.45) is 0. The molecule has 0 amide bonds. The highest BCUT2D eigenvalue weighted by Crippen LogP contribution is 2.25. The normalized spacial score (nSPS) is 11.7. The average molecular weight is 307 g/mol. The molecule has 0 fully saturated rings. The van der Waals surface area contributed by atoms with Crippen LogP contribution < -0.4 is 5.14 Å². The predicted octanol–water partition coefficient (Wildman–Crippen LogP) is 2.11. The average Bonchev–Trinajstić information content (AvgIpc) is 3.09. The van der Waals surface area contributed by atoms with E-state index in [-0.39, 0.29) is 4.90 Å². The molecule has 0 radical (unpaired) electrons. The third kappa shape index (κ3) is 2.48. The number of nitrogens with two attached hydrogens (primary N) is 1. The molecule has 0 saturated heterocycles. The Balaban J connectivity index is 1.94. The molecule has 0 spiro atoms. The summed E-state index contributed by atoms with van der Waals surface area (Å²) in [5.74, 6) is 0.833. The van der Waals surface area contributed by atoms with Gasteiger partial charge in [-0.15, -0.1) is 11.3 Å². The van der Waals surface area contributed by atoms with Gasteiger partial charge in [-0.2, -0.15) is 4.98 Å². The molecule has 0 bridgehead atoms. The first-order chi connectivity index (χ1) is 9.54. The molecule has 0 aliphatic carbocycles. The van der Waals surface area contributed by atoms with Crippen LogP contribution in [0.2, 0.25) is 0 Å². The fourth-order valence-corrected chi connectivity index (χ4v) is 2.80. The van der Waals surface area contributed by atoms with Crippen LogP contribution in [0.15, 0.2) is 51.2 Å². The first kappa shape index (κ1) is 13.0. The Hall–Kier alpha value is -2.03. The summed E-state index contributed by atoms with van der Waals surface area (Å²) in [4.78, 5) is 5.21. The molecule has 2 aromatic heterocycles. The van der Waals surface area contributed by atoms with Gasteiger partial charge in [0, 0.05) is 5.56 Å². The zero-order valence-corrected chi connectivity index (χ0v) is 11.7. The predicted molar refractivity (Wildman–Crippen MR) is 74.4 cm³/mol. The number of rotatable bonds is 3. The first-order valence-corrected chi connectivity index (χ1v) is 7.97. The Bertz CT molecular complexity index is 821. The number of sulfonamides is 1. The Morgan fingerprint density at radius 1 is 1.15 bits per heavy atom. The van der Waals surface area contributed by atoms with Crippen molar-refractivity contribution in [3.05, 3.63) is 41.8 Å². The monoisotopic (exact) mass is 307 g/mol. The molecule has 3 rings (SSSR count). The smallest absolute Gasteiger partial charge is 0.258 e. The van der Waals surface area contributed by atoms with Gasteiger partial charge in [0.05, 0.1) is 9.77 Å². The zero-order valence-electron chi connectivity index (χ0n) is 10.1. The van der Waals surface area contributed by atoms with E-state index in [4.69, 9.17) is 9.66 Å². The van der Waals surface area contributed by atoms with E-state index in [0.29, 0.717) is 17.3 Å². The van der Waals surface area contributed by atoms with Crippen molar-refractivity contribution in [3.63, 3.8) is 0 Å². The summed E-state index contributed by atoms with van der Waals surface area (Å²) in [5, 5.41) is 10.8. The molecule has 0 aliphatic heterocycles. The molecule has 2 N–H and O–H groups in total. The van der Waals surface area contributed by atoms with Gasteiger partial charge < -0.3 is 4.52 Å². The lowest BCUT2D eigenvalue weighted by atomic mass is 10.2. The van der Waals surface area contributed by atoms with Crippen molar-refractivity contribution < 1.29 is 12.9 Å². The summed E-state index contributed by atoms with van der Waals surface area (Å²) in [6.45, 7) is 0. The Morgan fingerprint density at radius 3 is 2.50 bits per heavy atom. The van der Waals surface area contributed by atoms with Gasteiger partial charge in [-0.3, -0.25) is 0 Å². The highest BCUT2D eigenvalue weighted by molar-refractivity contribution is 7.89. The molecule has 6 nitrogen and oxygen atoms in total. The van der Waals surface area contributed by atoms with Gasteiger partial charge in [-0.25, -0.2) is 13.6 Å². The second-order valence-electron chi connectivity index (χ2n) is 3.97. The fourth-order valence-electron chi connectivity index (χ4n) is 1.63. The molecule has 0 atom stereocenters. The van der Waals surface area contributed by atoms with E-state index >= 15 is 0 Å². The van der Waals surface area contributed by atoms with Crippen molar-refractivity contribution in [2.75, 3.05) is 0 Å². The maximum atomic E-state index is 11.2. The lowest BCUT2D eigenvalue weighted by molar-refractivity contribution is 0.432. The molecule has 8 heteroatoms. The summed E-state index contributed by atoms with van der Waals surface area (Å²) >= 11 is 1.51. The van der Waals surface area contributed by atoms with Crippen molar-refractivity contribution in [2.45, 2.75) is 4.90 Å². The van der Waals surface area contributed by atoms with E-state index in [1.165, 1.54) is 23.5 Å². The van der Waals surface area contributed by atoms with Gasteiger partial charge in [0.15, 0.2) is 0 Å². The van der Waals surface area contributed by atoms with Crippen molar-refractivity contribution >= 4 is 21.4 Å². The standard InChI is InChI=1S/C12H9N3O3S2/c13-20(16,17)9-5-3-8(4-6-9)12-14-11(15-18-12)10-2-1-7-19-10/h1-7H,(H2,13,16,17). The Morgan fingerprint density at radius 2 is 1.90 bits per heavy atom. The number of nitrogens with zero attached hydrogens (tertiary/aromatic N) is 2. The lowest BCUT2D eigenvalue weighted by Gasteiger charge is -1.98. The molecule has 3 aromatic rings. The largest absolute Gasteiger partial charge is 0.334 e. The van der Waals surface area contributed by atoms with Gasteiger partial charge >= 0.3 is 0 Å². The Kier molecular flexibility index (Phi) is 3.13. The zero-order chi connectivity index (χ0) is 14.2. The van der Waals surface area contributed by atoms with Crippen LogP contribution in [0.1, 0.15) is 0 Å². The van der Waals surface area contributed by atoms with E-state index in [1.54, 1.807) is 12.1 Å². The summed E-state index contributed by atoms with van der Waals surface area (Å²) in [7, 11) is -3.70. The van der Waals surface area contributed by atoms with E-state index in [0.717, 1.165) is 4.88 Å². The number of benzene rings is 1. The van der Waals surface area contributed by atoms with Gasteiger partial charge in [-0.05, 0) is 35.7 Å². The van der Waals surface area contributed by atoms with Crippen molar-refractivity contribution in [3.8, 4) is 22.2 Å². The SMILES string of the molecule is NS(=O)(=O)c1ccc(-c2nc(-c3cccs3)no2)cc1. The topological polar surface area (TPSA) is 99.1 Å². The second-order valence-corrected chi connectivity index (χ2v) is 6.48. The third-order valence-electron chi connectivity index (χ3n) is 2.60. The van der Waals surface area contributed by atoms with E-state index in [2.05, 4.69) is 10.1 Å². The van der Waals surface area contributed by atoms with Crippen molar-refractivity contribution in [1.82, 2.24) is 10.1 Å². The maximum absolute atomic E-state index is 11.2. The highest BCUT2D eigenvalue weighted by atomic mass is 32.2. The summed E-state index contributed by atoms with van der Waals surface area (Å²) < 4.78 is 27.5. The summed E-state index contributed by atoms with van der Waals surface area (Å²) in [5.41, 5.74) is 0.632. The number of aromatic nitrogens is 2. The lowest BCUT2D eigenvalue weighted by Crippen LogP contribution is -2.11. The van der Waals surface area contributed by atoms with Gasteiger partial charge in [0.25, 0.3) is 5.89 Å². The third-order valence-corrected chi connectivity index (χ3v) is 4.39. The molecule has 0 aliphatic rings. The molecular formula is C12H9N3O3S2. The molecule has 102 valence electrons. The van der Waals surface area contributed by atoms with Gasteiger partial charge in [0.1, 0.15) is 0 Å². The molecule has 20 heavy (non-hydrogen) atoms. The molecule has 0 saturated carbocycles. The first-order valence-electron chi connectivity index (χ1n) is 5.55. The van der Waals surface area contributed by atoms with Crippen LogP contribution in [0.4, 0.5) is 0 Å². The minimum absolute atomic E-state index is 0.0410. The minimum atomic E-state index is -3.70. The van der Waals surface area contributed by atoms with Crippen LogP contribution in [0.25, 0.3) is 22.2 Å². The molecular weight excluding hydrogens is 298 g/mol. The van der Waals surface area contributed by atoms with E-state index in [1.807, 2.05) is 17.5 Å². The number of thiophene rings is 1. The minimum Gasteiger partial charge on any atom is -0.334 e. The maximum Gasteiger partial charge on any atom is 0.258 e. The van der Waals surface area contributed by atoms with E-state index < -0.39 is 10.0 Å². The van der Waals surface area contributed by atoms with Crippen LogP contribution in [0.3, 0.4) is 0 Å². The highest BCUT2D eigenvalue weighted by Gasteiger charge is 2.13. The van der Waals surface area contributed by atoms with Gasteiger partial charge in [-0.1, -0.05) is 11.2 Å². The number of hydrogen-bond acceptors (Lipinski definition) is 6. The van der Waals surface area contributed by atoms with Crippen LogP contribution in [0, 0.1) is 0 Å². The van der Waals surface area contributed by atoms with Crippen molar-refractivity contribution in [1.29, 1.82) is 0 Å². The number of hydrogen-bond donors (Lipinski definition) is 1. The second kappa shape index (κ2) is 4.82. The van der Waals surface area contributed by atoms with Gasteiger partial charge in [0.2, 0.25) is 15.8 Å². The fraction of sp³-hybridized carbons (Fsp3) is 0. The molecule has 0 unspecified atom stereocenters. The van der Waals surface area contributed by atoms with Crippen LogP contribution >= 0.6 is 11.3 Å². The molecule has 1 aromatic carbocycles. The Labute approximate surface area is 118 Å². The molecule has 2 heterocycles. The summed E-state index contributed by atoms with van der Waals surface area (Å²) in [6, 6.07) is 9.75. The van der Waals surface area contributed by atoms with Crippen LogP contribution in [-0.4, -0.2) is 18.6 Å². The number of primary sulfonamides is 1. The van der Waals surface area contributed by atoms with Crippen LogP contribution in [0.5, 0.6) is 0 Å². The quantitative estimate of drug-likeness (QED) is 0.799. The van der Waals surface area contributed by atoms with Crippen molar-refractivity contribution in [2.24, 2.45) is 5.14 Å². The van der Waals surface area contributed by atoms with Crippen LogP contribution in [-0.2, 0) is 10.0 Å². The van der Waals surface area contributed by atoms with E-state index in [9.17, 15) is 8.42 Å².